The minimum Gasteiger partial charge on any atom is -0.378 e. The Morgan fingerprint density at radius 3 is 2.41 bits per heavy atom. The lowest BCUT2D eigenvalue weighted by Crippen LogP contribution is -2.24. The third-order valence-electron chi connectivity index (χ3n) is 5.49. The second-order valence-electron chi connectivity index (χ2n) is 8.20. The summed E-state index contributed by atoms with van der Waals surface area (Å²) in [5.41, 5.74) is 6.77. The van der Waals surface area contributed by atoms with Crippen LogP contribution in [-0.2, 0) is 16.6 Å². The van der Waals surface area contributed by atoms with Crippen molar-refractivity contribution in [2.45, 2.75) is 32.2 Å². The standard InChI is InChI=1S/C24H27N5O2S/c1-16-6-9-20(22-15-25-29-18(3)12-17(2)27-24(22)29)13-23(16)32(30,31)26-14-19-7-10-21(11-8-19)28(4)5/h6-13,15,26H,14H2,1-5H3. The lowest BCUT2D eigenvalue weighted by Gasteiger charge is -2.14. The first kappa shape index (κ1) is 22.0. The van der Waals surface area contributed by atoms with Gasteiger partial charge in [0, 0.05) is 43.3 Å². The van der Waals surface area contributed by atoms with Crippen LogP contribution in [0.4, 0.5) is 5.69 Å². The van der Waals surface area contributed by atoms with Gasteiger partial charge in [-0.25, -0.2) is 22.6 Å². The molecule has 0 saturated heterocycles. The van der Waals surface area contributed by atoms with Gasteiger partial charge in [-0.05, 0) is 61.7 Å². The van der Waals surface area contributed by atoms with E-state index in [2.05, 4.69) is 14.8 Å². The zero-order valence-electron chi connectivity index (χ0n) is 18.9. The molecule has 0 bridgehead atoms. The lowest BCUT2D eigenvalue weighted by molar-refractivity contribution is 0.580. The molecule has 0 aliphatic heterocycles. The molecule has 32 heavy (non-hydrogen) atoms. The van der Waals surface area contributed by atoms with E-state index in [4.69, 9.17) is 0 Å². The molecule has 0 radical (unpaired) electrons. The number of benzene rings is 2. The summed E-state index contributed by atoms with van der Waals surface area (Å²) in [6.45, 7) is 5.92. The summed E-state index contributed by atoms with van der Waals surface area (Å²) in [4.78, 5) is 6.87. The van der Waals surface area contributed by atoms with Crippen molar-refractivity contribution in [1.29, 1.82) is 0 Å². The summed E-state index contributed by atoms with van der Waals surface area (Å²) < 4.78 is 30.8. The van der Waals surface area contributed by atoms with E-state index in [-0.39, 0.29) is 11.4 Å². The fourth-order valence-corrected chi connectivity index (χ4v) is 4.99. The van der Waals surface area contributed by atoms with E-state index in [1.807, 2.05) is 75.3 Å². The number of nitrogens with one attached hydrogen (secondary N) is 1. The Labute approximate surface area is 188 Å². The number of anilines is 1. The Balaban J connectivity index is 1.65. The van der Waals surface area contributed by atoms with Gasteiger partial charge < -0.3 is 4.90 Å². The maximum absolute atomic E-state index is 13.1. The third-order valence-corrected chi connectivity index (χ3v) is 7.03. The minimum atomic E-state index is -3.71. The molecule has 0 aliphatic rings. The molecule has 4 aromatic rings. The largest absolute Gasteiger partial charge is 0.378 e. The van der Waals surface area contributed by atoms with Crippen LogP contribution in [0.1, 0.15) is 22.5 Å². The first-order valence-electron chi connectivity index (χ1n) is 10.3. The fraction of sp³-hybridized carbons (Fsp3) is 0.250. The lowest BCUT2D eigenvalue weighted by atomic mass is 10.1. The molecule has 166 valence electrons. The summed E-state index contributed by atoms with van der Waals surface area (Å²) in [7, 11) is 0.229. The molecule has 0 spiro atoms. The van der Waals surface area contributed by atoms with E-state index >= 15 is 0 Å². The maximum Gasteiger partial charge on any atom is 0.241 e. The van der Waals surface area contributed by atoms with Crippen molar-refractivity contribution in [3.63, 3.8) is 0 Å². The highest BCUT2D eigenvalue weighted by Crippen LogP contribution is 2.28. The summed E-state index contributed by atoms with van der Waals surface area (Å²) in [6.07, 6.45) is 1.73. The van der Waals surface area contributed by atoms with Crippen LogP contribution in [0.2, 0.25) is 0 Å². The number of rotatable bonds is 6. The normalized spacial score (nSPS) is 11.8. The summed E-state index contributed by atoms with van der Waals surface area (Å²) in [6, 6.07) is 15.2. The van der Waals surface area contributed by atoms with E-state index in [1.165, 1.54) is 0 Å². The smallest absolute Gasteiger partial charge is 0.241 e. The molecule has 0 unspecified atom stereocenters. The van der Waals surface area contributed by atoms with Crippen LogP contribution in [0.25, 0.3) is 16.8 Å². The zero-order chi connectivity index (χ0) is 23.0. The molecule has 7 nitrogen and oxygen atoms in total. The van der Waals surface area contributed by atoms with Crippen LogP contribution in [0.3, 0.4) is 0 Å². The molecule has 8 heteroatoms. The molecule has 0 atom stereocenters. The molecular formula is C24H27N5O2S. The van der Waals surface area contributed by atoms with Gasteiger partial charge in [0.1, 0.15) is 0 Å². The number of sulfonamides is 1. The predicted octanol–water partition coefficient (Wildman–Crippen LogP) is 3.87. The van der Waals surface area contributed by atoms with Crippen molar-refractivity contribution < 1.29 is 8.42 Å². The average Bonchev–Trinajstić information content (AvgIpc) is 3.17. The van der Waals surface area contributed by atoms with Crippen LogP contribution >= 0.6 is 0 Å². The molecular weight excluding hydrogens is 422 g/mol. The highest BCUT2D eigenvalue weighted by Gasteiger charge is 2.19. The van der Waals surface area contributed by atoms with Gasteiger partial charge in [0.05, 0.1) is 11.1 Å². The van der Waals surface area contributed by atoms with Crippen LogP contribution < -0.4 is 9.62 Å². The van der Waals surface area contributed by atoms with E-state index < -0.39 is 10.0 Å². The van der Waals surface area contributed by atoms with Gasteiger partial charge in [0.2, 0.25) is 10.0 Å². The number of aryl methyl sites for hydroxylation is 3. The number of fused-ring (bicyclic) bond motifs is 1. The summed E-state index contributed by atoms with van der Waals surface area (Å²) in [5.74, 6) is 0. The summed E-state index contributed by atoms with van der Waals surface area (Å²) in [5, 5.41) is 4.43. The number of hydrogen-bond donors (Lipinski definition) is 1. The van der Waals surface area contributed by atoms with Crippen LogP contribution in [0, 0.1) is 20.8 Å². The zero-order valence-corrected chi connectivity index (χ0v) is 19.7. The second kappa shape index (κ2) is 8.37. The van der Waals surface area contributed by atoms with Crippen LogP contribution in [0.15, 0.2) is 59.6 Å². The van der Waals surface area contributed by atoms with Crippen LogP contribution in [-0.4, -0.2) is 37.1 Å². The Morgan fingerprint density at radius 1 is 1.00 bits per heavy atom. The van der Waals surface area contributed by atoms with Crippen molar-refractivity contribution in [1.82, 2.24) is 19.3 Å². The Bertz CT molecular complexity index is 1390. The van der Waals surface area contributed by atoms with E-state index in [0.29, 0.717) is 11.2 Å². The first-order valence-corrected chi connectivity index (χ1v) is 11.8. The molecule has 2 heterocycles. The molecule has 2 aromatic heterocycles. The van der Waals surface area contributed by atoms with Crippen LogP contribution in [0.5, 0.6) is 0 Å². The van der Waals surface area contributed by atoms with Gasteiger partial charge in [-0.15, -0.1) is 0 Å². The summed E-state index contributed by atoms with van der Waals surface area (Å²) >= 11 is 0. The molecule has 0 saturated carbocycles. The fourth-order valence-electron chi connectivity index (χ4n) is 3.70. The van der Waals surface area contributed by atoms with Crippen molar-refractivity contribution >= 4 is 21.4 Å². The SMILES string of the molecule is Cc1cc(C)n2ncc(-c3ccc(C)c(S(=O)(=O)NCc4ccc(N(C)C)cc4)c3)c2n1. The average molecular weight is 450 g/mol. The monoisotopic (exact) mass is 449 g/mol. The first-order chi connectivity index (χ1) is 15.2. The molecule has 2 aromatic carbocycles. The molecule has 1 N–H and O–H groups in total. The highest BCUT2D eigenvalue weighted by molar-refractivity contribution is 7.89. The minimum absolute atomic E-state index is 0.219. The second-order valence-corrected chi connectivity index (χ2v) is 9.93. The molecule has 0 aliphatic carbocycles. The molecule has 4 rings (SSSR count). The topological polar surface area (TPSA) is 79.6 Å². The van der Waals surface area contributed by atoms with Gasteiger partial charge in [-0.2, -0.15) is 5.10 Å². The van der Waals surface area contributed by atoms with Gasteiger partial charge in [0.15, 0.2) is 5.65 Å². The molecule has 0 fully saturated rings. The Morgan fingerprint density at radius 2 is 1.72 bits per heavy atom. The van der Waals surface area contributed by atoms with E-state index in [9.17, 15) is 8.42 Å². The quantitative estimate of drug-likeness (QED) is 0.483. The van der Waals surface area contributed by atoms with Crippen molar-refractivity contribution in [3.8, 4) is 11.1 Å². The number of hydrogen-bond acceptors (Lipinski definition) is 5. The van der Waals surface area contributed by atoms with Gasteiger partial charge in [-0.3, -0.25) is 0 Å². The predicted molar refractivity (Wildman–Crippen MR) is 127 cm³/mol. The number of aromatic nitrogens is 3. The number of nitrogens with zero attached hydrogens (tertiary/aromatic N) is 4. The Hall–Kier alpha value is -3.23. The molecule has 0 amide bonds. The highest BCUT2D eigenvalue weighted by atomic mass is 32.2. The third kappa shape index (κ3) is 4.24. The van der Waals surface area contributed by atoms with Crippen molar-refractivity contribution in [2.24, 2.45) is 0 Å². The van der Waals surface area contributed by atoms with E-state index in [1.54, 1.807) is 23.7 Å². The van der Waals surface area contributed by atoms with Gasteiger partial charge in [-0.1, -0.05) is 24.3 Å². The van der Waals surface area contributed by atoms with Gasteiger partial charge in [0.25, 0.3) is 0 Å². The Kier molecular flexibility index (Phi) is 5.75. The van der Waals surface area contributed by atoms with Gasteiger partial charge >= 0.3 is 0 Å². The van der Waals surface area contributed by atoms with Crippen molar-refractivity contribution in [2.75, 3.05) is 19.0 Å². The maximum atomic E-state index is 13.1. The van der Waals surface area contributed by atoms with E-state index in [0.717, 1.165) is 33.8 Å². The van der Waals surface area contributed by atoms with Crippen molar-refractivity contribution in [3.05, 3.63) is 77.2 Å².